The SMILES string of the molecule is CC(CC(N)=NO)N(C)C(C)c1ccc(Cl)cc1. The minimum atomic E-state index is 0.187. The first-order valence-electron chi connectivity index (χ1n) is 5.89. The van der Waals surface area contributed by atoms with Crippen LogP contribution in [0, 0.1) is 0 Å². The van der Waals surface area contributed by atoms with Crippen LogP contribution in [0.15, 0.2) is 29.4 Å². The van der Waals surface area contributed by atoms with Crippen LogP contribution in [0.5, 0.6) is 0 Å². The van der Waals surface area contributed by atoms with Gasteiger partial charge in [-0.3, -0.25) is 4.90 Å². The van der Waals surface area contributed by atoms with Gasteiger partial charge in [0.2, 0.25) is 0 Å². The molecule has 0 amide bonds. The Morgan fingerprint density at radius 2 is 1.94 bits per heavy atom. The third-order valence-electron chi connectivity index (χ3n) is 3.29. The average Bonchev–Trinajstić information content (AvgIpc) is 2.37. The number of nitrogens with zero attached hydrogens (tertiary/aromatic N) is 2. The van der Waals surface area contributed by atoms with E-state index < -0.39 is 0 Å². The standard InChI is InChI=1S/C13H20ClN3O/c1-9(8-13(15)16-18)17(3)10(2)11-4-6-12(14)7-5-11/h4-7,9-10,18H,8H2,1-3H3,(H2,15,16). The first-order valence-corrected chi connectivity index (χ1v) is 6.27. The molecule has 2 unspecified atom stereocenters. The normalized spacial score (nSPS) is 15.7. The molecule has 0 aliphatic carbocycles. The zero-order valence-corrected chi connectivity index (χ0v) is 11.7. The predicted molar refractivity (Wildman–Crippen MR) is 75.1 cm³/mol. The summed E-state index contributed by atoms with van der Waals surface area (Å²) in [6, 6.07) is 8.22. The van der Waals surface area contributed by atoms with Crippen molar-refractivity contribution in [2.75, 3.05) is 7.05 Å². The summed E-state index contributed by atoms with van der Waals surface area (Å²) in [4.78, 5) is 2.18. The van der Waals surface area contributed by atoms with Crippen molar-refractivity contribution in [2.45, 2.75) is 32.4 Å². The van der Waals surface area contributed by atoms with E-state index in [0.717, 1.165) is 5.02 Å². The number of amidine groups is 1. The molecule has 1 aromatic rings. The Bertz CT molecular complexity index is 405. The third-order valence-corrected chi connectivity index (χ3v) is 3.54. The van der Waals surface area contributed by atoms with Gasteiger partial charge in [0.1, 0.15) is 5.84 Å². The summed E-state index contributed by atoms with van der Waals surface area (Å²) in [6.07, 6.45) is 0.533. The van der Waals surface area contributed by atoms with Crippen molar-refractivity contribution in [2.24, 2.45) is 10.9 Å². The maximum absolute atomic E-state index is 8.58. The first-order chi connectivity index (χ1) is 8.45. The second-order valence-electron chi connectivity index (χ2n) is 4.54. The molecule has 18 heavy (non-hydrogen) atoms. The Hall–Kier alpha value is -1.26. The monoisotopic (exact) mass is 269 g/mol. The topological polar surface area (TPSA) is 61.9 Å². The van der Waals surface area contributed by atoms with Crippen molar-refractivity contribution >= 4 is 17.4 Å². The maximum atomic E-state index is 8.58. The highest BCUT2D eigenvalue weighted by Crippen LogP contribution is 2.23. The molecule has 0 saturated carbocycles. The number of nitrogens with two attached hydrogens (primary N) is 1. The van der Waals surface area contributed by atoms with Gasteiger partial charge < -0.3 is 10.9 Å². The maximum Gasteiger partial charge on any atom is 0.140 e. The number of halogens is 1. The van der Waals surface area contributed by atoms with E-state index in [1.165, 1.54) is 5.56 Å². The second kappa shape index (κ2) is 6.61. The number of oxime groups is 1. The molecule has 2 atom stereocenters. The molecule has 0 spiro atoms. The summed E-state index contributed by atoms with van der Waals surface area (Å²) >= 11 is 5.87. The molecule has 0 aliphatic rings. The quantitative estimate of drug-likeness (QED) is 0.374. The van der Waals surface area contributed by atoms with E-state index in [9.17, 15) is 0 Å². The number of hydrogen-bond donors (Lipinski definition) is 2. The van der Waals surface area contributed by atoms with Crippen LogP contribution in [0.1, 0.15) is 31.9 Å². The van der Waals surface area contributed by atoms with E-state index in [1.807, 2.05) is 38.2 Å². The predicted octanol–water partition coefficient (Wildman–Crippen LogP) is 2.86. The zero-order valence-electron chi connectivity index (χ0n) is 11.0. The minimum Gasteiger partial charge on any atom is -0.409 e. The second-order valence-corrected chi connectivity index (χ2v) is 4.97. The van der Waals surface area contributed by atoms with Gasteiger partial charge >= 0.3 is 0 Å². The lowest BCUT2D eigenvalue weighted by Gasteiger charge is -2.30. The highest BCUT2D eigenvalue weighted by Gasteiger charge is 2.18. The van der Waals surface area contributed by atoms with Crippen LogP contribution in [0.4, 0.5) is 0 Å². The molecular formula is C13H20ClN3O. The van der Waals surface area contributed by atoms with Gasteiger partial charge in [-0.15, -0.1) is 0 Å². The van der Waals surface area contributed by atoms with Crippen LogP contribution in [-0.4, -0.2) is 29.0 Å². The Morgan fingerprint density at radius 1 is 1.39 bits per heavy atom. The van der Waals surface area contributed by atoms with Gasteiger partial charge in [-0.2, -0.15) is 0 Å². The van der Waals surface area contributed by atoms with E-state index in [2.05, 4.69) is 17.0 Å². The van der Waals surface area contributed by atoms with Crippen molar-refractivity contribution in [3.63, 3.8) is 0 Å². The van der Waals surface area contributed by atoms with Gasteiger partial charge in [0.05, 0.1) is 0 Å². The lowest BCUT2D eigenvalue weighted by Crippen LogP contribution is -2.35. The highest BCUT2D eigenvalue weighted by molar-refractivity contribution is 6.30. The summed E-state index contributed by atoms with van der Waals surface area (Å²) in [6.45, 7) is 4.16. The Balaban J connectivity index is 2.71. The van der Waals surface area contributed by atoms with Crippen LogP contribution < -0.4 is 5.73 Å². The Kier molecular flexibility index (Phi) is 5.44. The van der Waals surface area contributed by atoms with Crippen molar-refractivity contribution < 1.29 is 5.21 Å². The van der Waals surface area contributed by atoms with Crippen LogP contribution in [0.3, 0.4) is 0 Å². The van der Waals surface area contributed by atoms with Crippen molar-refractivity contribution in [1.82, 2.24) is 4.90 Å². The molecule has 5 heteroatoms. The molecule has 1 rings (SSSR count). The van der Waals surface area contributed by atoms with Gasteiger partial charge in [0, 0.05) is 23.5 Å². The van der Waals surface area contributed by atoms with Gasteiger partial charge in [-0.1, -0.05) is 28.9 Å². The molecule has 4 nitrogen and oxygen atoms in total. The van der Waals surface area contributed by atoms with Crippen LogP contribution in [-0.2, 0) is 0 Å². The van der Waals surface area contributed by atoms with Gasteiger partial charge in [-0.05, 0) is 38.6 Å². The molecule has 0 heterocycles. The average molecular weight is 270 g/mol. The fraction of sp³-hybridized carbons (Fsp3) is 0.462. The molecule has 0 radical (unpaired) electrons. The molecular weight excluding hydrogens is 250 g/mol. The first kappa shape index (κ1) is 14.8. The van der Waals surface area contributed by atoms with Crippen molar-refractivity contribution in [1.29, 1.82) is 0 Å². The Morgan fingerprint density at radius 3 is 2.44 bits per heavy atom. The smallest absolute Gasteiger partial charge is 0.140 e. The van der Waals surface area contributed by atoms with Crippen LogP contribution >= 0.6 is 11.6 Å². The third kappa shape index (κ3) is 3.89. The van der Waals surface area contributed by atoms with Crippen molar-refractivity contribution in [3.05, 3.63) is 34.9 Å². The summed E-state index contributed by atoms with van der Waals surface area (Å²) in [5, 5.41) is 12.3. The van der Waals surface area contributed by atoms with E-state index in [1.54, 1.807) is 0 Å². The van der Waals surface area contributed by atoms with Crippen molar-refractivity contribution in [3.8, 4) is 0 Å². The molecule has 0 bridgehead atoms. The lowest BCUT2D eigenvalue weighted by atomic mass is 10.0. The fourth-order valence-electron chi connectivity index (χ4n) is 1.85. The van der Waals surface area contributed by atoms with Gasteiger partial charge in [0.25, 0.3) is 0 Å². The number of rotatable bonds is 5. The largest absolute Gasteiger partial charge is 0.409 e. The zero-order chi connectivity index (χ0) is 13.7. The Labute approximate surface area is 113 Å². The molecule has 0 aliphatic heterocycles. The lowest BCUT2D eigenvalue weighted by molar-refractivity contribution is 0.200. The molecule has 1 aromatic carbocycles. The number of benzene rings is 1. The van der Waals surface area contributed by atoms with E-state index in [-0.39, 0.29) is 17.9 Å². The summed E-state index contributed by atoms with van der Waals surface area (Å²) in [7, 11) is 2.02. The van der Waals surface area contributed by atoms with Gasteiger partial charge in [0.15, 0.2) is 0 Å². The molecule has 100 valence electrons. The minimum absolute atomic E-state index is 0.187. The van der Waals surface area contributed by atoms with E-state index >= 15 is 0 Å². The van der Waals surface area contributed by atoms with Crippen LogP contribution in [0.25, 0.3) is 0 Å². The molecule has 0 fully saturated rings. The molecule has 0 aromatic heterocycles. The highest BCUT2D eigenvalue weighted by atomic mass is 35.5. The van der Waals surface area contributed by atoms with E-state index in [0.29, 0.717) is 6.42 Å². The summed E-state index contributed by atoms with van der Waals surface area (Å²) in [5.74, 6) is 0.248. The fourth-order valence-corrected chi connectivity index (χ4v) is 1.97. The number of hydrogen-bond acceptors (Lipinski definition) is 3. The van der Waals surface area contributed by atoms with Gasteiger partial charge in [-0.25, -0.2) is 0 Å². The molecule has 3 N–H and O–H groups in total. The summed E-state index contributed by atoms with van der Waals surface area (Å²) < 4.78 is 0. The summed E-state index contributed by atoms with van der Waals surface area (Å²) in [5.41, 5.74) is 6.71. The van der Waals surface area contributed by atoms with E-state index in [4.69, 9.17) is 22.5 Å². The molecule has 0 saturated heterocycles. The van der Waals surface area contributed by atoms with Crippen LogP contribution in [0.2, 0.25) is 5.02 Å².